The molecular weight excluding hydrogens is 589 g/mol. The van der Waals surface area contributed by atoms with Gasteiger partial charge in [0.15, 0.2) is 11.6 Å². The normalized spacial score (nSPS) is 11.1. The van der Waals surface area contributed by atoms with E-state index in [1.165, 1.54) is 12.1 Å². The van der Waals surface area contributed by atoms with Gasteiger partial charge in [-0.05, 0) is 72.9 Å². The maximum absolute atomic E-state index is 15.7. The Labute approximate surface area is 263 Å². The summed E-state index contributed by atoms with van der Waals surface area (Å²) in [5.74, 6) is -0.468. The Morgan fingerprint density at radius 3 is 2.53 bits per heavy atom. The van der Waals surface area contributed by atoms with E-state index in [-0.39, 0.29) is 17.7 Å². The fourth-order valence-electron chi connectivity index (χ4n) is 5.43. The molecule has 0 fully saturated rings. The Morgan fingerprint density at radius 2 is 1.87 bits per heavy atom. The molecule has 0 radical (unpaired) electrons. The molecule has 0 spiro atoms. The van der Waals surface area contributed by atoms with Crippen LogP contribution in [0.3, 0.4) is 0 Å². The molecule has 0 saturated heterocycles. The average Bonchev–Trinajstić information content (AvgIpc) is 3.61. The highest BCUT2D eigenvalue weighted by molar-refractivity contribution is 7.23. The van der Waals surface area contributed by atoms with Crippen LogP contribution in [0.15, 0.2) is 73.8 Å². The second-order valence-corrected chi connectivity index (χ2v) is 11.7. The first-order chi connectivity index (χ1) is 21.6. The zero-order valence-corrected chi connectivity index (χ0v) is 26.0. The van der Waals surface area contributed by atoms with Crippen LogP contribution in [-0.2, 0) is 18.4 Å². The fraction of sp³-hybridized carbons (Fsp3) is 0.147. The molecule has 226 valence electrons. The first-order valence-electron chi connectivity index (χ1n) is 14.1. The van der Waals surface area contributed by atoms with Crippen LogP contribution in [0, 0.1) is 26.6 Å². The number of carbonyl (C=O) groups excluding carboxylic acids is 1. The highest BCUT2D eigenvalue weighted by Gasteiger charge is 2.25. The lowest BCUT2D eigenvalue weighted by molar-refractivity contribution is -0.116. The van der Waals surface area contributed by atoms with E-state index in [4.69, 9.17) is 10.5 Å². The van der Waals surface area contributed by atoms with E-state index in [0.29, 0.717) is 23.6 Å². The van der Waals surface area contributed by atoms with Crippen LogP contribution >= 0.6 is 11.3 Å². The van der Waals surface area contributed by atoms with Gasteiger partial charge in [0.25, 0.3) is 0 Å². The first-order valence-corrected chi connectivity index (χ1v) is 14.9. The van der Waals surface area contributed by atoms with Gasteiger partial charge in [0.05, 0.1) is 6.20 Å². The molecule has 1 amide bonds. The van der Waals surface area contributed by atoms with Crippen LogP contribution < -0.4 is 15.8 Å². The van der Waals surface area contributed by atoms with Gasteiger partial charge in [-0.2, -0.15) is 5.10 Å². The highest BCUT2D eigenvalue weighted by atomic mass is 32.1. The molecule has 0 atom stereocenters. The molecule has 4 heterocycles. The number of rotatable bonds is 8. The number of ether oxygens (including phenoxy) is 1. The average molecular weight is 620 g/mol. The maximum Gasteiger partial charge on any atom is 0.322 e. The molecule has 0 aliphatic heterocycles. The maximum atomic E-state index is 15.7. The number of nitrogens with two attached hydrogens (primary N) is 1. The number of thiophene rings is 1. The Morgan fingerprint density at radius 1 is 1.09 bits per heavy atom. The number of aryl methyl sites for hydroxylation is 4. The van der Waals surface area contributed by atoms with Crippen molar-refractivity contribution in [2.24, 2.45) is 7.05 Å². The van der Waals surface area contributed by atoms with Gasteiger partial charge >= 0.3 is 6.01 Å². The number of benzene rings is 2. The minimum absolute atomic E-state index is 0.00543. The number of anilines is 1. The predicted molar refractivity (Wildman–Crippen MR) is 175 cm³/mol. The molecule has 9 nitrogen and oxygen atoms in total. The molecule has 0 saturated carbocycles. The molecule has 6 rings (SSSR count). The zero-order chi connectivity index (χ0) is 31.8. The molecule has 3 N–H and O–H groups in total. The number of hydrogen-bond donors (Lipinski definition) is 2. The molecule has 0 aliphatic rings. The van der Waals surface area contributed by atoms with E-state index in [0.717, 1.165) is 53.9 Å². The van der Waals surface area contributed by atoms with Crippen molar-refractivity contribution in [3.8, 4) is 44.5 Å². The lowest BCUT2D eigenvalue weighted by Gasteiger charge is -2.15. The second-order valence-electron chi connectivity index (χ2n) is 10.7. The third kappa shape index (κ3) is 5.77. The Kier molecular flexibility index (Phi) is 7.86. The summed E-state index contributed by atoms with van der Waals surface area (Å²) in [6, 6.07) is 10.7. The summed E-state index contributed by atoms with van der Waals surface area (Å²) in [6.45, 7) is 9.75. The van der Waals surface area contributed by atoms with Gasteiger partial charge in [0, 0.05) is 69.5 Å². The number of aromatic nitrogens is 5. The van der Waals surface area contributed by atoms with E-state index in [1.807, 2.05) is 46.1 Å². The molecule has 0 aliphatic carbocycles. The monoisotopic (exact) mass is 619 g/mol. The number of nitrogens with one attached hydrogen (secondary N) is 1. The van der Waals surface area contributed by atoms with Crippen LogP contribution in [0.5, 0.6) is 11.8 Å². The number of hydrogen-bond acceptors (Lipinski definition) is 8. The van der Waals surface area contributed by atoms with Crippen molar-refractivity contribution in [2.45, 2.75) is 27.3 Å². The van der Waals surface area contributed by atoms with Crippen molar-refractivity contribution in [3.05, 3.63) is 102 Å². The van der Waals surface area contributed by atoms with E-state index in [1.54, 1.807) is 52.8 Å². The summed E-state index contributed by atoms with van der Waals surface area (Å²) in [5.41, 5.74) is 14.4. The molecule has 11 heteroatoms. The van der Waals surface area contributed by atoms with Gasteiger partial charge < -0.3 is 15.8 Å². The zero-order valence-electron chi connectivity index (χ0n) is 25.2. The molecular formula is C34H30FN7O2S. The summed E-state index contributed by atoms with van der Waals surface area (Å²) in [5, 5.41) is 7.92. The predicted octanol–water partition coefficient (Wildman–Crippen LogP) is 7.06. The van der Waals surface area contributed by atoms with Crippen molar-refractivity contribution in [3.63, 3.8) is 0 Å². The summed E-state index contributed by atoms with van der Waals surface area (Å²) in [7, 11) is 1.86. The van der Waals surface area contributed by atoms with E-state index in [2.05, 4.69) is 31.9 Å². The Balaban J connectivity index is 1.55. The topological polar surface area (TPSA) is 121 Å². The van der Waals surface area contributed by atoms with Gasteiger partial charge in [0.1, 0.15) is 5.82 Å². The lowest BCUT2D eigenvalue weighted by atomic mass is 9.92. The van der Waals surface area contributed by atoms with Crippen molar-refractivity contribution in [2.75, 3.05) is 5.73 Å². The number of carbonyl (C=O) groups is 1. The highest BCUT2D eigenvalue weighted by Crippen LogP contribution is 2.51. The van der Waals surface area contributed by atoms with Gasteiger partial charge in [-0.1, -0.05) is 24.8 Å². The van der Waals surface area contributed by atoms with Gasteiger partial charge in [-0.15, -0.1) is 11.3 Å². The van der Waals surface area contributed by atoms with Crippen LogP contribution in [0.25, 0.3) is 42.8 Å². The summed E-state index contributed by atoms with van der Waals surface area (Å²) >= 11 is 1.57. The summed E-state index contributed by atoms with van der Waals surface area (Å²) in [6.07, 6.45) is 8.27. The van der Waals surface area contributed by atoms with Gasteiger partial charge in [-0.25, -0.2) is 19.3 Å². The van der Waals surface area contributed by atoms with Gasteiger partial charge in [-0.3, -0.25) is 9.48 Å². The smallest absolute Gasteiger partial charge is 0.322 e. The Hall–Kier alpha value is -5.42. The lowest BCUT2D eigenvalue weighted by Crippen LogP contribution is -2.20. The Bertz CT molecular complexity index is 2090. The minimum Gasteiger partial charge on any atom is -0.421 e. The van der Waals surface area contributed by atoms with Crippen LogP contribution in [0.4, 0.5) is 10.2 Å². The molecule has 0 bridgehead atoms. The third-order valence-electron chi connectivity index (χ3n) is 7.42. The van der Waals surface area contributed by atoms with Crippen LogP contribution in [-0.4, -0.2) is 30.6 Å². The van der Waals surface area contributed by atoms with Crippen LogP contribution in [0.1, 0.15) is 22.4 Å². The minimum atomic E-state index is -0.570. The SMILES string of the molecule is C=CC(=O)NCc1cc(C)c(-c2sc3c(-c4cnn(C)c4)cnc(N)c3c2-c2ccc(Oc3nccc(C)n3)c(F)c2)c(C)c1. The standard InChI is InChI=1S/C34H30FN7O2S/c1-6-27(43)38-14-21-11-18(2)28(19(3)12-21)32-29(22-7-8-26(25(35)13-22)44-34-37-10-9-20(4)41-34)30-31(45-32)24(16-39-33(30)36)23-15-40-42(5)17-23/h6-13,15-17H,1,14H2,2-5H3,(H2,36,39)(H,38,43). The van der Waals surface area contributed by atoms with Gasteiger partial charge in [0.2, 0.25) is 5.91 Å². The first kappa shape index (κ1) is 29.6. The van der Waals surface area contributed by atoms with Crippen molar-refractivity contribution >= 4 is 33.1 Å². The summed E-state index contributed by atoms with van der Waals surface area (Å²) < 4.78 is 24.1. The molecule has 2 aromatic carbocycles. The van der Waals surface area contributed by atoms with Crippen molar-refractivity contribution in [1.82, 2.24) is 30.0 Å². The van der Waals surface area contributed by atoms with Crippen molar-refractivity contribution < 1.29 is 13.9 Å². The number of halogens is 1. The molecule has 45 heavy (non-hydrogen) atoms. The van der Waals surface area contributed by atoms with E-state index in [9.17, 15) is 4.79 Å². The number of pyridine rings is 1. The number of nitrogens with zero attached hydrogens (tertiary/aromatic N) is 5. The molecule has 0 unspecified atom stereocenters. The third-order valence-corrected chi connectivity index (χ3v) is 8.66. The van der Waals surface area contributed by atoms with E-state index >= 15 is 4.39 Å². The summed E-state index contributed by atoms with van der Waals surface area (Å²) in [4.78, 5) is 25.6. The quantitative estimate of drug-likeness (QED) is 0.175. The second kappa shape index (κ2) is 11.9. The largest absolute Gasteiger partial charge is 0.421 e. The molecule has 6 aromatic rings. The molecule has 4 aromatic heterocycles. The number of amides is 1. The van der Waals surface area contributed by atoms with E-state index < -0.39 is 5.82 Å². The fourth-order valence-corrected chi connectivity index (χ4v) is 6.97. The number of fused-ring (bicyclic) bond motifs is 1. The van der Waals surface area contributed by atoms with Crippen LogP contribution in [0.2, 0.25) is 0 Å². The number of nitrogen functional groups attached to an aromatic ring is 1. The van der Waals surface area contributed by atoms with Crippen molar-refractivity contribution in [1.29, 1.82) is 0 Å².